The van der Waals surface area contributed by atoms with Crippen LogP contribution in [0.25, 0.3) is 0 Å². The van der Waals surface area contributed by atoms with Crippen LogP contribution in [0.3, 0.4) is 0 Å². The zero-order valence-corrected chi connectivity index (χ0v) is 13.3. The maximum absolute atomic E-state index is 10.2. The number of aliphatic hydroxyl groups excluding tert-OH is 1. The van der Waals surface area contributed by atoms with Crippen LogP contribution in [-0.2, 0) is 6.42 Å². The Kier molecular flexibility index (Phi) is 4.24. The summed E-state index contributed by atoms with van der Waals surface area (Å²) < 4.78 is 2.02. The Bertz CT molecular complexity index is 470. The summed E-state index contributed by atoms with van der Waals surface area (Å²) in [5, 5.41) is 10.2. The van der Waals surface area contributed by atoms with E-state index in [-0.39, 0.29) is 0 Å². The minimum Gasteiger partial charge on any atom is -0.382 e. The van der Waals surface area contributed by atoms with E-state index in [1.54, 1.807) is 22.7 Å². The predicted octanol–water partition coefficient (Wildman–Crippen LogP) is 4.98. The van der Waals surface area contributed by atoms with Gasteiger partial charge in [-0.25, -0.2) is 0 Å². The van der Waals surface area contributed by atoms with Gasteiger partial charge < -0.3 is 5.11 Å². The van der Waals surface area contributed by atoms with Crippen LogP contribution in [0.2, 0.25) is 0 Å². The van der Waals surface area contributed by atoms with Crippen LogP contribution in [0.1, 0.15) is 27.7 Å². The molecule has 0 spiro atoms. The summed E-state index contributed by atoms with van der Waals surface area (Å²) in [7, 11) is 0. The third kappa shape index (κ3) is 2.59. The molecular weight excluding hydrogens is 372 g/mol. The van der Waals surface area contributed by atoms with Crippen LogP contribution >= 0.6 is 54.5 Å². The van der Waals surface area contributed by atoms with E-state index in [4.69, 9.17) is 0 Å². The van der Waals surface area contributed by atoms with E-state index in [0.717, 1.165) is 24.4 Å². The number of rotatable bonds is 3. The van der Waals surface area contributed by atoms with Crippen molar-refractivity contribution in [2.45, 2.75) is 19.4 Å². The first-order valence-electron chi connectivity index (χ1n) is 4.83. The van der Waals surface area contributed by atoms with Crippen molar-refractivity contribution in [3.63, 3.8) is 0 Å². The van der Waals surface area contributed by atoms with Crippen molar-refractivity contribution in [1.29, 1.82) is 0 Å². The molecule has 0 bridgehead atoms. The Hall–Kier alpha value is 0.320. The van der Waals surface area contributed by atoms with Gasteiger partial charge in [0, 0.05) is 19.1 Å². The molecule has 2 rings (SSSR count). The summed E-state index contributed by atoms with van der Waals surface area (Å²) in [5.41, 5.74) is 0. The molecule has 2 aromatic rings. The maximum atomic E-state index is 10.2. The average Bonchev–Trinajstić information content (AvgIpc) is 2.86. The van der Waals surface area contributed by atoms with Crippen molar-refractivity contribution in [2.75, 3.05) is 0 Å². The lowest BCUT2D eigenvalue weighted by Crippen LogP contribution is -1.92. The van der Waals surface area contributed by atoms with Crippen molar-refractivity contribution in [3.05, 3.63) is 41.1 Å². The summed E-state index contributed by atoms with van der Waals surface area (Å²) in [6, 6.07) is 6.06. The first-order chi connectivity index (χ1) is 7.61. The Morgan fingerprint density at radius 2 is 2.00 bits per heavy atom. The highest BCUT2D eigenvalue weighted by Gasteiger charge is 2.16. The topological polar surface area (TPSA) is 20.2 Å². The number of halogens is 2. The fourth-order valence-electron chi connectivity index (χ4n) is 1.37. The Labute approximate surface area is 119 Å². The molecule has 0 aromatic carbocycles. The standard InChI is InChI=1S/C11H10Br2OS2/c1-2-6-3-4-8(15-6)10(14)9-5-7(12)11(13)16-9/h3-5,10,14H,2H2,1H3. The van der Waals surface area contributed by atoms with E-state index in [1.165, 1.54) is 4.88 Å². The van der Waals surface area contributed by atoms with Gasteiger partial charge in [0.1, 0.15) is 6.10 Å². The molecular formula is C11H10Br2OS2. The third-order valence-corrected chi connectivity index (χ3v) is 6.82. The van der Waals surface area contributed by atoms with E-state index in [1.807, 2.05) is 12.1 Å². The number of thiophene rings is 2. The molecule has 0 fully saturated rings. The smallest absolute Gasteiger partial charge is 0.122 e. The molecule has 0 saturated carbocycles. The molecule has 2 aromatic heterocycles. The van der Waals surface area contributed by atoms with Crippen LogP contribution in [0, 0.1) is 0 Å². The molecule has 0 radical (unpaired) electrons. The zero-order chi connectivity index (χ0) is 11.7. The van der Waals surface area contributed by atoms with Crippen LogP contribution in [0.15, 0.2) is 26.5 Å². The Morgan fingerprint density at radius 1 is 1.25 bits per heavy atom. The largest absolute Gasteiger partial charge is 0.382 e. The minimum atomic E-state index is -0.502. The van der Waals surface area contributed by atoms with Crippen molar-refractivity contribution >= 4 is 54.5 Å². The lowest BCUT2D eigenvalue weighted by Gasteiger charge is -2.04. The van der Waals surface area contributed by atoms with Gasteiger partial charge in [0.05, 0.1) is 3.79 Å². The lowest BCUT2D eigenvalue weighted by molar-refractivity contribution is 0.228. The monoisotopic (exact) mass is 380 g/mol. The average molecular weight is 382 g/mol. The number of hydrogen-bond acceptors (Lipinski definition) is 3. The number of hydrogen-bond donors (Lipinski definition) is 1. The van der Waals surface area contributed by atoms with E-state index < -0.39 is 6.10 Å². The van der Waals surface area contributed by atoms with Gasteiger partial charge in [-0.1, -0.05) is 6.92 Å². The van der Waals surface area contributed by atoms with Gasteiger partial charge in [0.25, 0.3) is 0 Å². The summed E-state index contributed by atoms with van der Waals surface area (Å²) in [6.07, 6.45) is 0.521. The van der Waals surface area contributed by atoms with E-state index >= 15 is 0 Å². The third-order valence-electron chi connectivity index (χ3n) is 2.23. The molecule has 16 heavy (non-hydrogen) atoms. The Morgan fingerprint density at radius 3 is 2.50 bits per heavy atom. The highest BCUT2D eigenvalue weighted by atomic mass is 79.9. The number of aryl methyl sites for hydroxylation is 1. The molecule has 2 heterocycles. The molecule has 0 amide bonds. The first-order valence-corrected chi connectivity index (χ1v) is 8.05. The minimum absolute atomic E-state index is 0.502. The van der Waals surface area contributed by atoms with Crippen LogP contribution in [0.5, 0.6) is 0 Å². The van der Waals surface area contributed by atoms with Crippen molar-refractivity contribution in [3.8, 4) is 0 Å². The second kappa shape index (κ2) is 5.31. The maximum Gasteiger partial charge on any atom is 0.122 e. The summed E-state index contributed by atoms with van der Waals surface area (Å²) in [4.78, 5) is 3.28. The van der Waals surface area contributed by atoms with Gasteiger partial charge >= 0.3 is 0 Å². The molecule has 5 heteroatoms. The predicted molar refractivity (Wildman–Crippen MR) is 77.5 cm³/mol. The highest BCUT2D eigenvalue weighted by Crippen LogP contribution is 2.39. The van der Waals surface area contributed by atoms with E-state index in [2.05, 4.69) is 44.8 Å². The molecule has 0 aliphatic heterocycles. The first kappa shape index (κ1) is 12.8. The fourth-order valence-corrected chi connectivity index (χ4v) is 4.50. The molecule has 0 aliphatic rings. The molecule has 0 aliphatic carbocycles. The van der Waals surface area contributed by atoms with Gasteiger partial charge in [-0.2, -0.15) is 0 Å². The van der Waals surface area contributed by atoms with Gasteiger partial charge in [0.2, 0.25) is 0 Å². The summed E-state index contributed by atoms with van der Waals surface area (Å²) in [5.74, 6) is 0. The quantitative estimate of drug-likeness (QED) is 0.794. The van der Waals surface area contributed by atoms with E-state index in [9.17, 15) is 5.11 Å². The van der Waals surface area contributed by atoms with Crippen LogP contribution in [0.4, 0.5) is 0 Å². The van der Waals surface area contributed by atoms with Crippen LogP contribution < -0.4 is 0 Å². The van der Waals surface area contributed by atoms with Gasteiger partial charge in [-0.15, -0.1) is 22.7 Å². The molecule has 86 valence electrons. The highest BCUT2D eigenvalue weighted by molar-refractivity contribution is 9.13. The molecule has 1 nitrogen and oxygen atoms in total. The molecule has 1 atom stereocenters. The molecule has 1 N–H and O–H groups in total. The van der Waals surface area contributed by atoms with Crippen molar-refractivity contribution < 1.29 is 5.11 Å². The normalized spacial score (nSPS) is 13.0. The second-order valence-corrected chi connectivity index (χ2v) is 7.79. The van der Waals surface area contributed by atoms with Gasteiger partial charge in [-0.3, -0.25) is 0 Å². The van der Waals surface area contributed by atoms with Crippen LogP contribution in [-0.4, -0.2) is 5.11 Å². The second-order valence-electron chi connectivity index (χ2n) is 3.33. The molecule has 1 unspecified atom stereocenters. The number of aliphatic hydroxyl groups is 1. The van der Waals surface area contributed by atoms with Gasteiger partial charge in [-0.05, 0) is 56.5 Å². The SMILES string of the molecule is CCc1ccc(C(O)c2cc(Br)c(Br)s2)s1. The van der Waals surface area contributed by atoms with E-state index in [0.29, 0.717) is 0 Å². The summed E-state index contributed by atoms with van der Waals surface area (Å²) >= 11 is 10.1. The summed E-state index contributed by atoms with van der Waals surface area (Å²) in [6.45, 7) is 2.13. The van der Waals surface area contributed by atoms with Crippen molar-refractivity contribution in [2.24, 2.45) is 0 Å². The fraction of sp³-hybridized carbons (Fsp3) is 0.273. The van der Waals surface area contributed by atoms with Crippen molar-refractivity contribution in [1.82, 2.24) is 0 Å². The lowest BCUT2D eigenvalue weighted by atomic mass is 10.2. The van der Waals surface area contributed by atoms with Gasteiger partial charge in [0.15, 0.2) is 0 Å². The molecule has 0 saturated heterocycles. The zero-order valence-electron chi connectivity index (χ0n) is 8.54. The Balaban J connectivity index is 2.27.